The molecule has 1 aliphatic heterocycles. The van der Waals surface area contributed by atoms with Crippen molar-refractivity contribution in [3.05, 3.63) is 114 Å². The summed E-state index contributed by atoms with van der Waals surface area (Å²) in [6, 6.07) is 30.0. The van der Waals surface area contributed by atoms with E-state index in [4.69, 9.17) is 0 Å². The van der Waals surface area contributed by atoms with Crippen LogP contribution in [-0.4, -0.2) is 59.9 Å². The van der Waals surface area contributed by atoms with Crippen molar-refractivity contribution in [1.29, 1.82) is 0 Å². The van der Waals surface area contributed by atoms with Gasteiger partial charge in [-0.3, -0.25) is 4.79 Å². The number of carbonyl (C=O) groups excluding carboxylic acids is 2. The summed E-state index contributed by atoms with van der Waals surface area (Å²) in [5.41, 5.74) is 5.18. The van der Waals surface area contributed by atoms with E-state index in [1.165, 1.54) is 16.3 Å². The molecule has 5 aromatic rings. The number of hydrogen-bond acceptors (Lipinski definition) is 3. The molecule has 7 nitrogen and oxygen atoms in total. The SMILES string of the molecule is CC(c1c[nH]c2ccccc12)C(NC(=O)N1CCC(c2cccc3ccccc23)CC1)C(=O)Nc1cccc(CN(C)C)c1. The zero-order valence-electron chi connectivity index (χ0n) is 25.7. The maximum Gasteiger partial charge on any atom is 0.318 e. The van der Waals surface area contributed by atoms with Gasteiger partial charge in [0, 0.05) is 48.3 Å². The number of nitrogens with zero attached hydrogens (tertiary/aromatic N) is 2. The number of anilines is 1. The third-order valence-corrected chi connectivity index (χ3v) is 8.91. The number of aromatic nitrogens is 1. The summed E-state index contributed by atoms with van der Waals surface area (Å²) >= 11 is 0. The molecule has 3 N–H and O–H groups in total. The van der Waals surface area contributed by atoms with Crippen LogP contribution in [-0.2, 0) is 11.3 Å². The van der Waals surface area contributed by atoms with Crippen molar-refractivity contribution in [3.63, 3.8) is 0 Å². The first kappa shape index (κ1) is 29.5. The van der Waals surface area contributed by atoms with Gasteiger partial charge in [0.15, 0.2) is 0 Å². The van der Waals surface area contributed by atoms with Gasteiger partial charge in [-0.1, -0.05) is 79.7 Å². The Balaban J connectivity index is 1.20. The minimum Gasteiger partial charge on any atom is -0.361 e. The van der Waals surface area contributed by atoms with Gasteiger partial charge in [-0.25, -0.2) is 4.79 Å². The molecule has 2 unspecified atom stereocenters. The standard InChI is InChI=1S/C37H41N5O2/c1-25(33-23-38-34-17-7-6-15-32(33)34)35(36(43)39-29-13-8-10-26(22-29)24-41(2)3)40-37(44)42-20-18-28(19-21-42)31-16-9-12-27-11-4-5-14-30(27)31/h4-17,22-23,25,28,35,38H,18-21,24H2,1-3H3,(H,39,43)(H,40,44). The molecule has 44 heavy (non-hydrogen) atoms. The largest absolute Gasteiger partial charge is 0.361 e. The number of amides is 3. The number of urea groups is 1. The number of likely N-dealkylation sites (tertiary alicyclic amines) is 1. The molecule has 1 aliphatic rings. The van der Waals surface area contributed by atoms with E-state index in [1.54, 1.807) is 0 Å². The van der Waals surface area contributed by atoms with Crippen molar-refractivity contribution in [2.24, 2.45) is 0 Å². The first-order chi connectivity index (χ1) is 21.4. The molecule has 0 bridgehead atoms. The zero-order chi connectivity index (χ0) is 30.6. The van der Waals surface area contributed by atoms with Crippen LogP contribution in [0.15, 0.2) is 97.2 Å². The Bertz CT molecular complexity index is 1760. The summed E-state index contributed by atoms with van der Waals surface area (Å²) in [5, 5.41) is 9.83. The number of aromatic amines is 1. The van der Waals surface area contributed by atoms with Gasteiger partial charge >= 0.3 is 6.03 Å². The number of nitrogens with one attached hydrogen (secondary N) is 3. The van der Waals surface area contributed by atoms with Gasteiger partial charge in [0.1, 0.15) is 6.04 Å². The summed E-state index contributed by atoms with van der Waals surface area (Å²) in [6.45, 7) is 4.06. The van der Waals surface area contributed by atoms with Crippen LogP contribution >= 0.6 is 0 Å². The number of para-hydroxylation sites is 1. The van der Waals surface area contributed by atoms with Crippen LogP contribution in [0.5, 0.6) is 0 Å². The van der Waals surface area contributed by atoms with Gasteiger partial charge < -0.3 is 25.4 Å². The van der Waals surface area contributed by atoms with E-state index < -0.39 is 6.04 Å². The molecule has 0 saturated carbocycles. The number of hydrogen-bond donors (Lipinski definition) is 3. The monoisotopic (exact) mass is 587 g/mol. The Labute approximate surface area is 259 Å². The molecule has 6 rings (SSSR count). The first-order valence-corrected chi connectivity index (χ1v) is 15.5. The van der Waals surface area contributed by atoms with Crippen LogP contribution < -0.4 is 10.6 Å². The normalized spacial score (nSPS) is 15.4. The molecule has 2 heterocycles. The Hall–Kier alpha value is -4.62. The van der Waals surface area contributed by atoms with E-state index >= 15 is 0 Å². The minimum atomic E-state index is -0.769. The van der Waals surface area contributed by atoms with Crippen molar-refractivity contribution >= 4 is 39.3 Å². The van der Waals surface area contributed by atoms with Crippen molar-refractivity contribution in [3.8, 4) is 0 Å². The van der Waals surface area contributed by atoms with E-state index in [2.05, 4.69) is 69.0 Å². The molecule has 226 valence electrons. The molecule has 7 heteroatoms. The molecule has 0 aliphatic carbocycles. The second kappa shape index (κ2) is 12.9. The van der Waals surface area contributed by atoms with Crippen LogP contribution in [0, 0.1) is 0 Å². The van der Waals surface area contributed by atoms with E-state index in [0.717, 1.165) is 47.1 Å². The highest BCUT2D eigenvalue weighted by Crippen LogP contribution is 2.34. The fourth-order valence-corrected chi connectivity index (χ4v) is 6.62. The average Bonchev–Trinajstić information content (AvgIpc) is 3.47. The minimum absolute atomic E-state index is 0.199. The lowest BCUT2D eigenvalue weighted by molar-refractivity contribution is -0.118. The second-order valence-electron chi connectivity index (χ2n) is 12.3. The summed E-state index contributed by atoms with van der Waals surface area (Å²) in [6.07, 6.45) is 3.72. The van der Waals surface area contributed by atoms with Gasteiger partial charge in [0.2, 0.25) is 5.91 Å². The molecule has 4 aromatic carbocycles. The van der Waals surface area contributed by atoms with Crippen LogP contribution in [0.1, 0.15) is 48.3 Å². The van der Waals surface area contributed by atoms with Crippen LogP contribution in [0.25, 0.3) is 21.7 Å². The number of benzene rings is 4. The average molecular weight is 588 g/mol. The molecule has 3 amide bonds. The summed E-state index contributed by atoms with van der Waals surface area (Å²) in [5.74, 6) is -0.110. The smallest absolute Gasteiger partial charge is 0.318 e. The third kappa shape index (κ3) is 6.33. The Morgan fingerprint density at radius 2 is 1.61 bits per heavy atom. The fraction of sp³-hybridized carbons (Fsp3) is 0.297. The number of carbonyl (C=O) groups is 2. The first-order valence-electron chi connectivity index (χ1n) is 15.5. The van der Waals surface area contributed by atoms with E-state index in [-0.39, 0.29) is 17.9 Å². The second-order valence-corrected chi connectivity index (χ2v) is 12.3. The summed E-state index contributed by atoms with van der Waals surface area (Å²) < 4.78 is 0. The highest BCUT2D eigenvalue weighted by Gasteiger charge is 2.33. The maximum atomic E-state index is 13.9. The Kier molecular flexibility index (Phi) is 8.66. The number of H-pyrrole nitrogens is 1. The lowest BCUT2D eigenvalue weighted by Gasteiger charge is -2.34. The zero-order valence-corrected chi connectivity index (χ0v) is 25.7. The molecule has 1 fully saturated rings. The van der Waals surface area contributed by atoms with Crippen molar-refractivity contribution in [2.75, 3.05) is 32.5 Å². The van der Waals surface area contributed by atoms with Gasteiger partial charge in [0.05, 0.1) is 0 Å². The number of piperidine rings is 1. The van der Waals surface area contributed by atoms with Crippen LogP contribution in [0.3, 0.4) is 0 Å². The fourth-order valence-electron chi connectivity index (χ4n) is 6.62. The predicted molar refractivity (Wildman–Crippen MR) is 179 cm³/mol. The highest BCUT2D eigenvalue weighted by molar-refractivity contribution is 5.98. The number of fused-ring (bicyclic) bond motifs is 2. The van der Waals surface area contributed by atoms with Gasteiger partial charge in [-0.15, -0.1) is 0 Å². The van der Waals surface area contributed by atoms with E-state index in [1.807, 2.05) is 74.6 Å². The van der Waals surface area contributed by atoms with Crippen molar-refractivity contribution in [2.45, 2.75) is 44.2 Å². The van der Waals surface area contributed by atoms with Crippen LogP contribution in [0.2, 0.25) is 0 Å². The quantitative estimate of drug-likeness (QED) is 0.181. The summed E-state index contributed by atoms with van der Waals surface area (Å²) in [4.78, 5) is 35.0. The molecular formula is C37H41N5O2. The lowest BCUT2D eigenvalue weighted by Crippen LogP contribution is -2.53. The van der Waals surface area contributed by atoms with Gasteiger partial charge in [0.25, 0.3) is 0 Å². The van der Waals surface area contributed by atoms with Crippen molar-refractivity contribution < 1.29 is 9.59 Å². The van der Waals surface area contributed by atoms with Gasteiger partial charge in [-0.2, -0.15) is 0 Å². The van der Waals surface area contributed by atoms with Crippen molar-refractivity contribution in [1.82, 2.24) is 20.1 Å². The molecule has 0 radical (unpaired) electrons. The Morgan fingerprint density at radius 3 is 2.41 bits per heavy atom. The topological polar surface area (TPSA) is 80.5 Å². The number of rotatable bonds is 8. The van der Waals surface area contributed by atoms with E-state index in [9.17, 15) is 9.59 Å². The molecule has 0 spiro atoms. The highest BCUT2D eigenvalue weighted by atomic mass is 16.2. The van der Waals surface area contributed by atoms with E-state index in [0.29, 0.717) is 19.0 Å². The predicted octanol–water partition coefficient (Wildman–Crippen LogP) is 7.08. The Morgan fingerprint density at radius 1 is 0.909 bits per heavy atom. The maximum absolute atomic E-state index is 13.9. The summed E-state index contributed by atoms with van der Waals surface area (Å²) in [7, 11) is 4.04. The molecular weight excluding hydrogens is 546 g/mol. The third-order valence-electron chi connectivity index (χ3n) is 8.91. The van der Waals surface area contributed by atoms with Crippen LogP contribution in [0.4, 0.5) is 10.5 Å². The van der Waals surface area contributed by atoms with Gasteiger partial charge in [-0.05, 0) is 78.5 Å². The molecule has 1 aromatic heterocycles. The lowest BCUT2D eigenvalue weighted by atomic mass is 9.86. The molecule has 2 atom stereocenters. The molecule has 1 saturated heterocycles.